The Hall–Kier alpha value is -0.510. The van der Waals surface area contributed by atoms with Gasteiger partial charge >= 0.3 is 6.08 Å². The van der Waals surface area contributed by atoms with Crippen molar-refractivity contribution in [3.8, 4) is 0 Å². The Balaban J connectivity index is 2.94. The van der Waals surface area contributed by atoms with Crippen LogP contribution < -0.4 is 0 Å². The summed E-state index contributed by atoms with van der Waals surface area (Å²) in [5.41, 5.74) is 0.655. The van der Waals surface area contributed by atoms with Crippen molar-refractivity contribution in [2.75, 3.05) is 0 Å². The van der Waals surface area contributed by atoms with Crippen molar-refractivity contribution < 1.29 is 4.39 Å². The lowest BCUT2D eigenvalue weighted by atomic mass is 10.5. The van der Waals surface area contributed by atoms with Crippen LogP contribution in [-0.4, -0.2) is 9.97 Å². The fraction of sp³-hybridized carbons (Fsp3) is 0.200. The fourth-order valence-electron chi connectivity index (χ4n) is 0.444. The first-order valence-electron chi connectivity index (χ1n) is 2.36. The number of hydrogen-bond acceptors (Lipinski definition) is 2. The Morgan fingerprint density at radius 2 is 2.44 bits per heavy atom. The maximum Gasteiger partial charge on any atom is 0.308 e. The van der Waals surface area contributed by atoms with Gasteiger partial charge in [0.15, 0.2) is 0 Å². The van der Waals surface area contributed by atoms with Crippen LogP contribution in [0.3, 0.4) is 0 Å². The second-order valence-electron chi connectivity index (χ2n) is 1.45. The predicted molar refractivity (Wildman–Crippen MR) is 34.6 cm³/mol. The Bertz CT molecular complexity index is 204. The van der Waals surface area contributed by atoms with E-state index in [9.17, 15) is 4.39 Å². The Labute approximate surface area is 60.3 Å². The summed E-state index contributed by atoms with van der Waals surface area (Å²) in [6.45, 7) is 0. The van der Waals surface area contributed by atoms with Crippen LogP contribution in [0.15, 0.2) is 12.3 Å². The Morgan fingerprint density at radius 3 is 2.89 bits per heavy atom. The summed E-state index contributed by atoms with van der Waals surface area (Å²) >= 11 is 3.13. The summed E-state index contributed by atoms with van der Waals surface area (Å²) in [7, 11) is 0. The molecule has 1 rings (SSSR count). The van der Waals surface area contributed by atoms with Crippen molar-refractivity contribution in [2.45, 2.75) is 5.33 Å². The largest absolute Gasteiger partial charge is 0.308 e. The molecule has 0 unspecified atom stereocenters. The smallest absolute Gasteiger partial charge is 0.211 e. The van der Waals surface area contributed by atoms with Crippen LogP contribution in [0.4, 0.5) is 4.39 Å². The van der Waals surface area contributed by atoms with E-state index in [1.165, 1.54) is 6.20 Å². The lowest BCUT2D eigenvalue weighted by molar-refractivity contribution is 0.534. The molecule has 0 amide bonds. The van der Waals surface area contributed by atoms with Crippen LogP contribution in [0, 0.1) is 6.08 Å². The lowest BCUT2D eigenvalue weighted by Gasteiger charge is -1.89. The summed E-state index contributed by atoms with van der Waals surface area (Å²) in [6, 6.07) is 1.65. The Morgan fingerprint density at radius 1 is 1.67 bits per heavy atom. The first-order chi connectivity index (χ1) is 4.33. The first-order valence-corrected chi connectivity index (χ1v) is 3.48. The standard InChI is InChI=1S/C5H4BrFN2/c6-3-4-1-2-8-5(7)9-4/h1-2H,3H2. The topological polar surface area (TPSA) is 25.8 Å². The molecule has 0 aliphatic rings. The number of alkyl halides is 1. The van der Waals surface area contributed by atoms with Crippen LogP contribution >= 0.6 is 15.9 Å². The van der Waals surface area contributed by atoms with Crippen molar-refractivity contribution >= 4 is 15.9 Å². The van der Waals surface area contributed by atoms with E-state index in [1.54, 1.807) is 6.07 Å². The van der Waals surface area contributed by atoms with Gasteiger partial charge in [0.05, 0.1) is 5.69 Å². The van der Waals surface area contributed by atoms with Gasteiger partial charge in [-0.05, 0) is 6.07 Å². The molecule has 1 aromatic rings. The molecule has 1 aromatic heterocycles. The average Bonchev–Trinajstić information content (AvgIpc) is 1.88. The number of aromatic nitrogens is 2. The van der Waals surface area contributed by atoms with Gasteiger partial charge in [-0.25, -0.2) is 9.97 Å². The van der Waals surface area contributed by atoms with Crippen molar-refractivity contribution in [3.05, 3.63) is 24.0 Å². The molecule has 0 saturated carbocycles. The van der Waals surface area contributed by atoms with Crippen LogP contribution in [0.25, 0.3) is 0 Å². The van der Waals surface area contributed by atoms with E-state index in [2.05, 4.69) is 25.9 Å². The molecule has 0 fully saturated rings. The van der Waals surface area contributed by atoms with Crippen LogP contribution in [0.5, 0.6) is 0 Å². The van der Waals surface area contributed by atoms with Crippen molar-refractivity contribution in [2.24, 2.45) is 0 Å². The molecule has 48 valence electrons. The maximum atomic E-state index is 12.1. The number of halogens is 2. The molecule has 4 heteroatoms. The van der Waals surface area contributed by atoms with E-state index in [0.717, 1.165) is 0 Å². The number of hydrogen-bond donors (Lipinski definition) is 0. The molecule has 0 bridgehead atoms. The molecule has 9 heavy (non-hydrogen) atoms. The van der Waals surface area contributed by atoms with Crippen LogP contribution in [0.2, 0.25) is 0 Å². The second kappa shape index (κ2) is 2.87. The van der Waals surface area contributed by atoms with Crippen molar-refractivity contribution in [1.82, 2.24) is 9.97 Å². The molecule has 0 aliphatic heterocycles. The third-order valence-electron chi connectivity index (χ3n) is 0.821. The molecular weight excluding hydrogens is 187 g/mol. The van der Waals surface area contributed by atoms with E-state index in [1.807, 2.05) is 0 Å². The van der Waals surface area contributed by atoms with E-state index < -0.39 is 6.08 Å². The summed E-state index contributed by atoms with van der Waals surface area (Å²) < 4.78 is 12.1. The SMILES string of the molecule is Fc1nccc(CBr)n1. The zero-order valence-corrected chi connectivity index (χ0v) is 6.10. The summed E-state index contributed by atoms with van der Waals surface area (Å²) in [5, 5.41) is 0.562. The van der Waals surface area contributed by atoms with Gasteiger partial charge in [0.1, 0.15) is 0 Å². The quantitative estimate of drug-likeness (QED) is 0.496. The van der Waals surface area contributed by atoms with Gasteiger partial charge < -0.3 is 0 Å². The number of nitrogens with zero attached hydrogens (tertiary/aromatic N) is 2. The van der Waals surface area contributed by atoms with Gasteiger partial charge in [-0.2, -0.15) is 4.39 Å². The third-order valence-corrected chi connectivity index (χ3v) is 1.40. The normalized spacial score (nSPS) is 9.56. The zero-order chi connectivity index (χ0) is 6.69. The molecule has 0 N–H and O–H groups in total. The first kappa shape index (κ1) is 6.61. The van der Waals surface area contributed by atoms with Gasteiger partial charge in [0.2, 0.25) is 0 Å². The highest BCUT2D eigenvalue weighted by Gasteiger charge is 1.92. The van der Waals surface area contributed by atoms with Gasteiger partial charge in [-0.15, -0.1) is 0 Å². The van der Waals surface area contributed by atoms with Crippen LogP contribution in [0.1, 0.15) is 5.69 Å². The lowest BCUT2D eigenvalue weighted by Crippen LogP contribution is -1.91. The summed E-state index contributed by atoms with van der Waals surface area (Å²) in [4.78, 5) is 6.76. The van der Waals surface area contributed by atoms with Gasteiger partial charge in [-0.3, -0.25) is 0 Å². The maximum absolute atomic E-state index is 12.1. The highest BCUT2D eigenvalue weighted by atomic mass is 79.9. The summed E-state index contributed by atoms with van der Waals surface area (Å²) in [6.07, 6.45) is 0.714. The predicted octanol–water partition coefficient (Wildman–Crippen LogP) is 1.51. The fourth-order valence-corrected chi connectivity index (χ4v) is 0.756. The molecule has 2 nitrogen and oxygen atoms in total. The van der Waals surface area contributed by atoms with Gasteiger partial charge in [0, 0.05) is 11.5 Å². The minimum Gasteiger partial charge on any atom is -0.211 e. The van der Waals surface area contributed by atoms with Crippen molar-refractivity contribution in [3.63, 3.8) is 0 Å². The van der Waals surface area contributed by atoms with E-state index in [0.29, 0.717) is 11.0 Å². The van der Waals surface area contributed by atoms with Gasteiger partial charge in [-0.1, -0.05) is 15.9 Å². The average molecular weight is 191 g/mol. The molecule has 0 aliphatic carbocycles. The molecule has 0 saturated heterocycles. The van der Waals surface area contributed by atoms with Crippen LogP contribution in [-0.2, 0) is 5.33 Å². The summed E-state index contributed by atoms with van der Waals surface area (Å²) in [5.74, 6) is 0. The van der Waals surface area contributed by atoms with Gasteiger partial charge in [0.25, 0.3) is 0 Å². The molecule has 1 heterocycles. The third kappa shape index (κ3) is 1.71. The highest BCUT2D eigenvalue weighted by molar-refractivity contribution is 9.08. The van der Waals surface area contributed by atoms with E-state index in [-0.39, 0.29) is 0 Å². The minimum absolute atomic E-state index is 0.562. The molecular formula is C5H4BrFN2. The molecule has 0 atom stereocenters. The minimum atomic E-state index is -0.674. The molecule has 0 aromatic carbocycles. The molecule has 0 radical (unpaired) electrons. The number of rotatable bonds is 1. The van der Waals surface area contributed by atoms with E-state index in [4.69, 9.17) is 0 Å². The highest BCUT2D eigenvalue weighted by Crippen LogP contribution is 1.99. The zero-order valence-electron chi connectivity index (χ0n) is 4.51. The molecule has 0 spiro atoms. The van der Waals surface area contributed by atoms with E-state index >= 15 is 0 Å². The monoisotopic (exact) mass is 190 g/mol. The Kier molecular flexibility index (Phi) is 2.10. The van der Waals surface area contributed by atoms with Crippen molar-refractivity contribution in [1.29, 1.82) is 0 Å². The second-order valence-corrected chi connectivity index (χ2v) is 2.01.